The van der Waals surface area contributed by atoms with Crippen molar-refractivity contribution >= 4 is 45.5 Å². The van der Waals surface area contributed by atoms with Gasteiger partial charge in [0.05, 0.1) is 23.1 Å². The van der Waals surface area contributed by atoms with E-state index in [0.717, 1.165) is 22.3 Å². The van der Waals surface area contributed by atoms with Gasteiger partial charge in [0.1, 0.15) is 11.6 Å². The number of amides is 1. The maximum atomic E-state index is 12.1. The Morgan fingerprint density at radius 2 is 2.04 bits per heavy atom. The maximum Gasteiger partial charge on any atom is 0.287 e. The van der Waals surface area contributed by atoms with E-state index in [2.05, 4.69) is 10.4 Å². The van der Waals surface area contributed by atoms with E-state index in [0.29, 0.717) is 12.2 Å². The van der Waals surface area contributed by atoms with Crippen LogP contribution in [0, 0.1) is 0 Å². The molecule has 8 heteroatoms. The number of halogens is 1. The maximum absolute atomic E-state index is 12.1. The molecule has 4 rings (SSSR count). The standard InChI is InChI=1S/C16H14ClN5O2/c1-20-12-6-10(19-11-7-18-21(2)16(24)14(11)17)5-9-3-4-22(15(9)12)8-13(20)23/h3-7,19H,8H2,1-2H3. The second-order valence-electron chi connectivity index (χ2n) is 5.76. The molecule has 0 saturated heterocycles. The van der Waals surface area contributed by atoms with Gasteiger partial charge in [-0.15, -0.1) is 0 Å². The smallest absolute Gasteiger partial charge is 0.287 e. The van der Waals surface area contributed by atoms with Crippen molar-refractivity contribution in [2.75, 3.05) is 17.3 Å². The summed E-state index contributed by atoms with van der Waals surface area (Å²) in [6.45, 7) is 0.338. The number of carbonyl (C=O) groups excluding carboxylic acids is 1. The second-order valence-corrected chi connectivity index (χ2v) is 6.13. The molecule has 1 aromatic carbocycles. The number of aryl methyl sites for hydroxylation is 1. The predicted molar refractivity (Wildman–Crippen MR) is 93.1 cm³/mol. The first-order valence-corrected chi connectivity index (χ1v) is 7.72. The molecule has 3 aromatic rings. The molecule has 1 N–H and O–H groups in total. The van der Waals surface area contributed by atoms with E-state index >= 15 is 0 Å². The Kier molecular flexibility index (Phi) is 3.14. The number of hydrogen-bond donors (Lipinski definition) is 1. The van der Waals surface area contributed by atoms with Crippen LogP contribution in [0.25, 0.3) is 10.9 Å². The fourth-order valence-corrected chi connectivity index (χ4v) is 3.14. The first-order valence-electron chi connectivity index (χ1n) is 7.34. The molecule has 2 aromatic heterocycles. The Balaban J connectivity index is 1.84. The lowest BCUT2D eigenvalue weighted by atomic mass is 10.1. The first kappa shape index (κ1) is 14.8. The molecular formula is C16H14ClN5O2. The number of hydrogen-bond acceptors (Lipinski definition) is 4. The molecular weight excluding hydrogens is 330 g/mol. The second kappa shape index (κ2) is 5.10. The Hall–Kier alpha value is -2.80. The third-order valence-corrected chi connectivity index (χ3v) is 4.60. The zero-order valence-corrected chi connectivity index (χ0v) is 13.8. The fourth-order valence-electron chi connectivity index (χ4n) is 2.93. The van der Waals surface area contributed by atoms with Crippen molar-refractivity contribution in [1.29, 1.82) is 0 Å². The largest absolute Gasteiger partial charge is 0.353 e. The van der Waals surface area contributed by atoms with Crippen LogP contribution in [0.15, 0.2) is 35.4 Å². The van der Waals surface area contributed by atoms with Gasteiger partial charge < -0.3 is 14.8 Å². The number of aromatic nitrogens is 3. The fraction of sp³-hybridized carbons (Fsp3) is 0.188. The lowest BCUT2D eigenvalue weighted by Gasteiger charge is -2.26. The van der Waals surface area contributed by atoms with Gasteiger partial charge in [-0.2, -0.15) is 5.10 Å². The molecule has 3 heterocycles. The highest BCUT2D eigenvalue weighted by Gasteiger charge is 2.23. The Morgan fingerprint density at radius 3 is 2.83 bits per heavy atom. The zero-order valence-electron chi connectivity index (χ0n) is 13.1. The molecule has 0 saturated carbocycles. The molecule has 0 aliphatic carbocycles. The van der Waals surface area contributed by atoms with Crippen molar-refractivity contribution in [2.45, 2.75) is 6.54 Å². The number of likely N-dealkylation sites (N-methyl/N-ethyl adjacent to an activating group) is 1. The first-order chi connectivity index (χ1) is 11.5. The summed E-state index contributed by atoms with van der Waals surface area (Å²) in [7, 11) is 3.29. The van der Waals surface area contributed by atoms with Gasteiger partial charge in [-0.1, -0.05) is 11.6 Å². The van der Waals surface area contributed by atoms with E-state index < -0.39 is 0 Å². The summed E-state index contributed by atoms with van der Waals surface area (Å²) in [6.07, 6.45) is 3.40. The van der Waals surface area contributed by atoms with Gasteiger partial charge in [-0.25, -0.2) is 4.68 Å². The minimum Gasteiger partial charge on any atom is -0.353 e. The lowest BCUT2D eigenvalue weighted by molar-refractivity contribution is -0.119. The summed E-state index contributed by atoms with van der Waals surface area (Å²) in [4.78, 5) is 25.6. The molecule has 1 aliphatic rings. The molecule has 0 bridgehead atoms. The van der Waals surface area contributed by atoms with E-state index in [4.69, 9.17) is 11.6 Å². The van der Waals surface area contributed by atoms with Gasteiger partial charge in [0, 0.05) is 31.4 Å². The van der Waals surface area contributed by atoms with Crippen LogP contribution in [0.1, 0.15) is 0 Å². The van der Waals surface area contributed by atoms with Crippen molar-refractivity contribution < 1.29 is 4.79 Å². The van der Waals surface area contributed by atoms with Crippen molar-refractivity contribution in [3.63, 3.8) is 0 Å². The molecule has 0 atom stereocenters. The van der Waals surface area contributed by atoms with Crippen LogP contribution in [0.3, 0.4) is 0 Å². The van der Waals surface area contributed by atoms with Gasteiger partial charge in [-0.05, 0) is 18.2 Å². The predicted octanol–water partition coefficient (Wildman–Crippen LogP) is 2.11. The van der Waals surface area contributed by atoms with Gasteiger partial charge in [0.15, 0.2) is 0 Å². The van der Waals surface area contributed by atoms with E-state index in [1.807, 2.05) is 29.0 Å². The molecule has 0 radical (unpaired) electrons. The Labute approximate surface area is 142 Å². The summed E-state index contributed by atoms with van der Waals surface area (Å²) in [5.74, 6) is 0.0189. The summed E-state index contributed by atoms with van der Waals surface area (Å²) >= 11 is 6.10. The van der Waals surface area contributed by atoms with Gasteiger partial charge in [-0.3, -0.25) is 9.59 Å². The number of rotatable bonds is 2. The molecule has 0 fully saturated rings. The van der Waals surface area contributed by atoms with E-state index in [9.17, 15) is 9.59 Å². The summed E-state index contributed by atoms with van der Waals surface area (Å²) in [5.41, 5.74) is 2.60. The lowest BCUT2D eigenvalue weighted by Crippen LogP contribution is -2.33. The average Bonchev–Trinajstić information content (AvgIpc) is 2.96. The molecule has 24 heavy (non-hydrogen) atoms. The van der Waals surface area contributed by atoms with E-state index in [1.54, 1.807) is 11.9 Å². The minimum atomic E-state index is -0.373. The minimum absolute atomic E-state index is 0.0189. The number of nitrogens with zero attached hydrogens (tertiary/aromatic N) is 4. The van der Waals surface area contributed by atoms with Gasteiger partial charge in [0.25, 0.3) is 5.56 Å². The van der Waals surface area contributed by atoms with Crippen LogP contribution < -0.4 is 15.8 Å². The van der Waals surface area contributed by atoms with E-state index in [-0.39, 0.29) is 16.5 Å². The number of carbonyl (C=O) groups is 1. The number of anilines is 3. The Bertz CT molecular complexity index is 1050. The summed E-state index contributed by atoms with van der Waals surface area (Å²) in [6, 6.07) is 5.77. The SMILES string of the molecule is CN1C(=O)Cn2ccc3cc(Nc4cnn(C)c(=O)c4Cl)cc1c32. The number of nitrogens with one attached hydrogen (secondary N) is 1. The summed E-state index contributed by atoms with van der Waals surface area (Å²) in [5, 5.41) is 8.17. The number of benzene rings is 1. The van der Waals surface area contributed by atoms with Gasteiger partial charge in [0.2, 0.25) is 5.91 Å². The molecule has 0 unspecified atom stereocenters. The average molecular weight is 344 g/mol. The van der Waals surface area contributed by atoms with Crippen LogP contribution in [0.4, 0.5) is 17.1 Å². The highest BCUT2D eigenvalue weighted by molar-refractivity contribution is 6.33. The highest BCUT2D eigenvalue weighted by Crippen LogP contribution is 2.35. The quantitative estimate of drug-likeness (QED) is 0.773. The van der Waals surface area contributed by atoms with Crippen molar-refractivity contribution in [3.8, 4) is 0 Å². The third kappa shape index (κ3) is 2.09. The van der Waals surface area contributed by atoms with Crippen LogP contribution in [0.2, 0.25) is 5.02 Å². The van der Waals surface area contributed by atoms with E-state index in [1.165, 1.54) is 17.9 Å². The van der Waals surface area contributed by atoms with Gasteiger partial charge >= 0.3 is 0 Å². The van der Waals surface area contributed by atoms with Crippen LogP contribution in [-0.2, 0) is 18.4 Å². The zero-order chi connectivity index (χ0) is 17.0. The molecule has 1 aliphatic heterocycles. The molecule has 7 nitrogen and oxygen atoms in total. The summed E-state index contributed by atoms with van der Waals surface area (Å²) < 4.78 is 3.11. The monoisotopic (exact) mass is 343 g/mol. The van der Waals surface area contributed by atoms with Crippen molar-refractivity contribution in [2.24, 2.45) is 7.05 Å². The Morgan fingerprint density at radius 1 is 1.25 bits per heavy atom. The molecule has 1 amide bonds. The highest BCUT2D eigenvalue weighted by atomic mass is 35.5. The third-order valence-electron chi connectivity index (χ3n) is 4.24. The normalized spacial score (nSPS) is 13.6. The van der Waals surface area contributed by atoms with Crippen molar-refractivity contribution in [1.82, 2.24) is 14.3 Å². The van der Waals surface area contributed by atoms with Crippen LogP contribution in [-0.4, -0.2) is 27.3 Å². The van der Waals surface area contributed by atoms with Crippen molar-refractivity contribution in [3.05, 3.63) is 46.0 Å². The van der Waals surface area contributed by atoms with Crippen LogP contribution in [0.5, 0.6) is 0 Å². The molecule has 0 spiro atoms. The molecule has 122 valence electrons. The van der Waals surface area contributed by atoms with Crippen LogP contribution >= 0.6 is 11.6 Å². The topological polar surface area (TPSA) is 72.2 Å².